The first-order valence-corrected chi connectivity index (χ1v) is 9.33. The third-order valence-electron chi connectivity index (χ3n) is 5.67. The van der Waals surface area contributed by atoms with Crippen LogP contribution in [0.25, 0.3) is 0 Å². The Balaban J connectivity index is 1.83. The predicted molar refractivity (Wildman–Crippen MR) is 98.3 cm³/mol. The van der Waals surface area contributed by atoms with E-state index in [0.717, 1.165) is 17.2 Å². The molecule has 1 aromatic rings. The number of hydrogen-bond donors (Lipinski definition) is 1. The lowest BCUT2D eigenvalue weighted by Crippen LogP contribution is -2.47. The van der Waals surface area contributed by atoms with Crippen LogP contribution in [-0.4, -0.2) is 22.4 Å². The molecule has 0 atom stereocenters. The van der Waals surface area contributed by atoms with Gasteiger partial charge in [-0.1, -0.05) is 25.5 Å². The summed E-state index contributed by atoms with van der Waals surface area (Å²) in [6.07, 6.45) is 6.58. The fourth-order valence-corrected chi connectivity index (χ4v) is 2.96. The number of aliphatic hydroxyl groups is 1. The quantitative estimate of drug-likeness (QED) is 0.754. The largest absolute Gasteiger partial charge is 0.490 e. The Kier molecular flexibility index (Phi) is 6.33. The minimum Gasteiger partial charge on any atom is -0.490 e. The topological polar surface area (TPSA) is 38.7 Å². The van der Waals surface area contributed by atoms with Gasteiger partial charge in [0.2, 0.25) is 0 Å². The van der Waals surface area contributed by atoms with Crippen molar-refractivity contribution in [2.24, 2.45) is 5.92 Å². The van der Waals surface area contributed by atoms with E-state index >= 15 is 0 Å². The molecule has 0 spiro atoms. The van der Waals surface area contributed by atoms with E-state index in [1.165, 1.54) is 32.1 Å². The summed E-state index contributed by atoms with van der Waals surface area (Å²) in [5.41, 5.74) is -0.387. The van der Waals surface area contributed by atoms with Gasteiger partial charge in [0.05, 0.1) is 23.9 Å². The van der Waals surface area contributed by atoms with E-state index in [1.54, 1.807) is 13.8 Å². The summed E-state index contributed by atoms with van der Waals surface area (Å²) in [4.78, 5) is 0. The first-order valence-electron chi connectivity index (χ1n) is 9.33. The second-order valence-corrected chi connectivity index (χ2v) is 8.17. The minimum absolute atomic E-state index is 0.365. The molecule has 0 radical (unpaired) electrons. The van der Waals surface area contributed by atoms with Gasteiger partial charge in [0.1, 0.15) is 5.75 Å². The van der Waals surface area contributed by atoms with Crippen molar-refractivity contribution in [2.45, 2.75) is 90.6 Å². The average molecular weight is 335 g/mol. The van der Waals surface area contributed by atoms with Gasteiger partial charge >= 0.3 is 0 Å². The van der Waals surface area contributed by atoms with Gasteiger partial charge in [-0.15, -0.1) is 0 Å². The van der Waals surface area contributed by atoms with Crippen LogP contribution in [0, 0.1) is 5.92 Å². The second-order valence-electron chi connectivity index (χ2n) is 8.17. The van der Waals surface area contributed by atoms with Crippen molar-refractivity contribution in [3.8, 4) is 5.75 Å². The van der Waals surface area contributed by atoms with Crippen molar-refractivity contribution in [1.82, 2.24) is 0 Å². The molecule has 1 aliphatic carbocycles. The van der Waals surface area contributed by atoms with Gasteiger partial charge in [-0.3, -0.25) is 0 Å². The van der Waals surface area contributed by atoms with Gasteiger partial charge in [-0.2, -0.15) is 0 Å². The van der Waals surface area contributed by atoms with E-state index in [4.69, 9.17) is 9.47 Å². The maximum Gasteiger partial charge on any atom is 0.119 e. The third kappa shape index (κ3) is 5.22. The van der Waals surface area contributed by atoms with E-state index in [1.807, 2.05) is 38.1 Å². The minimum atomic E-state index is -0.882. The smallest absolute Gasteiger partial charge is 0.119 e. The maximum atomic E-state index is 10.1. The van der Waals surface area contributed by atoms with E-state index in [2.05, 4.69) is 6.92 Å². The van der Waals surface area contributed by atoms with Crippen LogP contribution in [0.2, 0.25) is 0 Å². The van der Waals surface area contributed by atoms with Gasteiger partial charge < -0.3 is 14.6 Å². The molecule has 1 saturated carbocycles. The standard InChI is InChI=1S/C21H34O3/c1-6-16-7-11-18(12-8-16)24-19-13-9-17(10-14-19)15-23-21(4,5)20(2,3)22/h9-10,13-14,16,18,22H,6-8,11-12,15H2,1-5H3. The molecular weight excluding hydrogens is 300 g/mol. The fraction of sp³-hybridized carbons (Fsp3) is 0.714. The van der Waals surface area contributed by atoms with E-state index in [9.17, 15) is 5.11 Å². The molecule has 0 aliphatic heterocycles. The first kappa shape index (κ1) is 19.3. The zero-order valence-corrected chi connectivity index (χ0v) is 16.0. The lowest BCUT2D eigenvalue weighted by Gasteiger charge is -2.37. The summed E-state index contributed by atoms with van der Waals surface area (Å²) in [5.74, 6) is 1.84. The van der Waals surface area contributed by atoms with Gasteiger partial charge in [-0.05, 0) is 77.0 Å². The Bertz CT molecular complexity index is 491. The molecule has 136 valence electrons. The van der Waals surface area contributed by atoms with Crippen LogP contribution >= 0.6 is 0 Å². The van der Waals surface area contributed by atoms with Gasteiger partial charge in [0, 0.05) is 0 Å². The molecule has 2 rings (SSSR count). The summed E-state index contributed by atoms with van der Waals surface area (Å²) in [6.45, 7) is 10.1. The molecular formula is C21H34O3. The lowest BCUT2D eigenvalue weighted by molar-refractivity contribution is -0.153. The van der Waals surface area contributed by atoms with Crippen LogP contribution in [0.15, 0.2) is 24.3 Å². The first-order chi connectivity index (χ1) is 11.2. The Hall–Kier alpha value is -1.06. The van der Waals surface area contributed by atoms with Crippen LogP contribution in [0.4, 0.5) is 0 Å². The Morgan fingerprint density at radius 1 is 1.00 bits per heavy atom. The van der Waals surface area contributed by atoms with Crippen LogP contribution in [-0.2, 0) is 11.3 Å². The molecule has 0 amide bonds. The molecule has 0 bridgehead atoms. The highest BCUT2D eigenvalue weighted by Gasteiger charge is 2.35. The van der Waals surface area contributed by atoms with Crippen LogP contribution in [0.5, 0.6) is 5.75 Å². The summed E-state index contributed by atoms with van der Waals surface area (Å²) >= 11 is 0. The highest BCUT2D eigenvalue weighted by atomic mass is 16.5. The summed E-state index contributed by atoms with van der Waals surface area (Å²) in [5, 5.41) is 10.1. The predicted octanol–water partition coefficient (Wildman–Crippen LogP) is 5.10. The number of rotatable bonds is 7. The highest BCUT2D eigenvalue weighted by Crippen LogP contribution is 2.30. The number of benzene rings is 1. The number of ether oxygens (including phenoxy) is 2. The lowest BCUT2D eigenvalue weighted by atomic mass is 9.86. The molecule has 1 aliphatic rings. The van der Waals surface area contributed by atoms with Crippen molar-refractivity contribution in [3.05, 3.63) is 29.8 Å². The van der Waals surface area contributed by atoms with Crippen molar-refractivity contribution >= 4 is 0 Å². The molecule has 1 aromatic carbocycles. The average Bonchev–Trinajstić information content (AvgIpc) is 2.54. The summed E-state index contributed by atoms with van der Waals surface area (Å²) in [7, 11) is 0. The fourth-order valence-electron chi connectivity index (χ4n) is 2.96. The van der Waals surface area contributed by atoms with Gasteiger partial charge in [0.15, 0.2) is 0 Å². The van der Waals surface area contributed by atoms with Gasteiger partial charge in [-0.25, -0.2) is 0 Å². The van der Waals surface area contributed by atoms with Gasteiger partial charge in [0.25, 0.3) is 0 Å². The molecule has 0 aromatic heterocycles. The molecule has 24 heavy (non-hydrogen) atoms. The van der Waals surface area contributed by atoms with E-state index in [0.29, 0.717) is 12.7 Å². The van der Waals surface area contributed by atoms with Crippen LogP contribution in [0.1, 0.15) is 72.3 Å². The zero-order valence-electron chi connectivity index (χ0n) is 16.0. The van der Waals surface area contributed by atoms with Crippen LogP contribution in [0.3, 0.4) is 0 Å². The normalized spacial score (nSPS) is 22.4. The monoisotopic (exact) mass is 334 g/mol. The molecule has 0 saturated heterocycles. The molecule has 3 heteroatoms. The van der Waals surface area contributed by atoms with Crippen molar-refractivity contribution in [3.63, 3.8) is 0 Å². The van der Waals surface area contributed by atoms with Crippen LogP contribution < -0.4 is 4.74 Å². The number of hydrogen-bond acceptors (Lipinski definition) is 3. The van der Waals surface area contributed by atoms with E-state index < -0.39 is 11.2 Å². The molecule has 1 fully saturated rings. The maximum absolute atomic E-state index is 10.1. The Morgan fingerprint density at radius 2 is 1.58 bits per heavy atom. The van der Waals surface area contributed by atoms with Crippen molar-refractivity contribution in [1.29, 1.82) is 0 Å². The van der Waals surface area contributed by atoms with E-state index in [-0.39, 0.29) is 0 Å². The Labute approximate surface area is 147 Å². The summed E-state index contributed by atoms with van der Waals surface area (Å²) in [6, 6.07) is 8.16. The third-order valence-corrected chi connectivity index (χ3v) is 5.67. The van der Waals surface area contributed by atoms with Crippen molar-refractivity contribution < 1.29 is 14.6 Å². The molecule has 0 heterocycles. The second kappa shape index (κ2) is 7.88. The zero-order chi connectivity index (χ0) is 17.8. The molecule has 3 nitrogen and oxygen atoms in total. The molecule has 1 N–H and O–H groups in total. The van der Waals surface area contributed by atoms with Crippen molar-refractivity contribution in [2.75, 3.05) is 0 Å². The molecule has 0 unspecified atom stereocenters. The SMILES string of the molecule is CCC1CCC(Oc2ccc(COC(C)(C)C(C)(C)O)cc2)CC1. The Morgan fingerprint density at radius 3 is 2.08 bits per heavy atom. The highest BCUT2D eigenvalue weighted by molar-refractivity contribution is 5.27. The summed E-state index contributed by atoms with van der Waals surface area (Å²) < 4.78 is 12.0.